The first-order valence-electron chi connectivity index (χ1n) is 4.90. The van der Waals surface area contributed by atoms with E-state index in [4.69, 9.17) is 21.4 Å². The zero-order valence-electron chi connectivity index (χ0n) is 9.51. The maximum Gasteiger partial charge on any atom is 0.339 e. The van der Waals surface area contributed by atoms with Gasteiger partial charge in [0.2, 0.25) is 10.0 Å². The molecule has 1 aromatic carbocycles. The van der Waals surface area contributed by atoms with Crippen LogP contribution in [-0.2, 0) is 10.0 Å². The van der Waals surface area contributed by atoms with Crippen LogP contribution in [0.5, 0.6) is 5.75 Å². The fourth-order valence-electron chi connectivity index (χ4n) is 1.18. The molecule has 1 aromatic rings. The van der Waals surface area contributed by atoms with E-state index in [-0.39, 0.29) is 29.5 Å². The number of rotatable bonds is 6. The molecule has 18 heavy (non-hydrogen) atoms. The minimum atomic E-state index is -3.28. The molecule has 0 spiro atoms. The highest BCUT2D eigenvalue weighted by Crippen LogP contribution is 2.22. The molecule has 0 aliphatic heterocycles. The van der Waals surface area contributed by atoms with E-state index < -0.39 is 16.0 Å². The zero-order valence-corrected chi connectivity index (χ0v) is 11.1. The van der Waals surface area contributed by atoms with Crippen molar-refractivity contribution in [1.82, 2.24) is 4.72 Å². The van der Waals surface area contributed by atoms with Crippen molar-refractivity contribution >= 4 is 27.6 Å². The first kappa shape index (κ1) is 14.7. The Morgan fingerprint density at radius 1 is 1.50 bits per heavy atom. The molecule has 0 aromatic heterocycles. The normalized spacial score (nSPS) is 11.2. The summed E-state index contributed by atoms with van der Waals surface area (Å²) in [5.41, 5.74) is -0.0677. The SMILES string of the molecule is CS(=O)(=O)NCCOc1ccc(Cl)cc1C(=O)O. The molecule has 8 heteroatoms. The van der Waals surface area contributed by atoms with Crippen molar-refractivity contribution < 1.29 is 23.1 Å². The lowest BCUT2D eigenvalue weighted by atomic mass is 10.2. The van der Waals surface area contributed by atoms with Crippen LogP contribution >= 0.6 is 11.6 Å². The minimum Gasteiger partial charge on any atom is -0.491 e. The Balaban J connectivity index is 2.65. The summed E-state index contributed by atoms with van der Waals surface area (Å²) in [4.78, 5) is 10.9. The lowest BCUT2D eigenvalue weighted by Gasteiger charge is -2.09. The van der Waals surface area contributed by atoms with Crippen LogP contribution in [0, 0.1) is 0 Å². The van der Waals surface area contributed by atoms with Crippen LogP contribution < -0.4 is 9.46 Å². The van der Waals surface area contributed by atoms with Crippen molar-refractivity contribution in [2.75, 3.05) is 19.4 Å². The average Bonchev–Trinajstić information content (AvgIpc) is 2.24. The Kier molecular flexibility index (Phi) is 4.94. The third kappa shape index (κ3) is 4.91. The van der Waals surface area contributed by atoms with E-state index in [9.17, 15) is 13.2 Å². The summed E-state index contributed by atoms with van der Waals surface area (Å²) in [6, 6.07) is 4.18. The molecule has 0 radical (unpaired) electrons. The van der Waals surface area contributed by atoms with Crippen molar-refractivity contribution in [3.8, 4) is 5.75 Å². The first-order chi connectivity index (χ1) is 8.29. The number of carboxylic acid groups (broad SMARTS) is 1. The van der Waals surface area contributed by atoms with Crippen LogP contribution in [0.2, 0.25) is 5.02 Å². The third-order valence-corrected chi connectivity index (χ3v) is 2.86. The smallest absolute Gasteiger partial charge is 0.339 e. The molecule has 0 amide bonds. The monoisotopic (exact) mass is 293 g/mol. The summed E-state index contributed by atoms with van der Waals surface area (Å²) in [5, 5.41) is 9.21. The van der Waals surface area contributed by atoms with E-state index in [0.717, 1.165) is 6.26 Å². The first-order valence-corrected chi connectivity index (χ1v) is 7.17. The molecule has 1 rings (SSSR count). The van der Waals surface area contributed by atoms with Gasteiger partial charge in [0.15, 0.2) is 0 Å². The van der Waals surface area contributed by atoms with Crippen LogP contribution in [-0.4, -0.2) is 38.9 Å². The highest BCUT2D eigenvalue weighted by molar-refractivity contribution is 7.88. The highest BCUT2D eigenvalue weighted by Gasteiger charge is 2.12. The zero-order chi connectivity index (χ0) is 13.8. The largest absolute Gasteiger partial charge is 0.491 e. The summed E-state index contributed by atoms with van der Waals surface area (Å²) in [5.74, 6) is -1.02. The van der Waals surface area contributed by atoms with E-state index in [2.05, 4.69) is 4.72 Å². The second kappa shape index (κ2) is 6.03. The Morgan fingerprint density at radius 2 is 2.17 bits per heavy atom. The second-order valence-electron chi connectivity index (χ2n) is 3.46. The number of carbonyl (C=O) groups is 1. The van der Waals surface area contributed by atoms with Gasteiger partial charge in [0.05, 0.1) is 6.26 Å². The van der Waals surface area contributed by atoms with Gasteiger partial charge in [-0.25, -0.2) is 17.9 Å². The Morgan fingerprint density at radius 3 is 2.72 bits per heavy atom. The van der Waals surface area contributed by atoms with Gasteiger partial charge in [0.1, 0.15) is 17.9 Å². The number of ether oxygens (including phenoxy) is 1. The topological polar surface area (TPSA) is 92.7 Å². The number of halogens is 1. The number of sulfonamides is 1. The summed E-state index contributed by atoms with van der Waals surface area (Å²) in [6.45, 7) is 0.0789. The average molecular weight is 294 g/mol. The molecule has 0 aliphatic carbocycles. The molecule has 0 bridgehead atoms. The van der Waals surface area contributed by atoms with Gasteiger partial charge in [-0.1, -0.05) is 11.6 Å². The number of benzene rings is 1. The number of hydrogen-bond donors (Lipinski definition) is 2. The maximum atomic E-state index is 10.9. The highest BCUT2D eigenvalue weighted by atomic mass is 35.5. The maximum absolute atomic E-state index is 10.9. The molecule has 6 nitrogen and oxygen atoms in total. The second-order valence-corrected chi connectivity index (χ2v) is 5.73. The molecular weight excluding hydrogens is 282 g/mol. The fraction of sp³-hybridized carbons (Fsp3) is 0.300. The summed E-state index contributed by atoms with van der Waals surface area (Å²) < 4.78 is 29.0. The number of nitrogens with one attached hydrogen (secondary N) is 1. The Hall–Kier alpha value is -1.31. The molecule has 0 saturated heterocycles. The lowest BCUT2D eigenvalue weighted by molar-refractivity contribution is 0.0692. The Labute approximate surface area is 110 Å². The van der Waals surface area contributed by atoms with E-state index >= 15 is 0 Å². The van der Waals surface area contributed by atoms with Gasteiger partial charge in [0, 0.05) is 11.6 Å². The lowest BCUT2D eigenvalue weighted by Crippen LogP contribution is -2.27. The number of aromatic carboxylic acids is 1. The molecule has 0 aliphatic rings. The molecular formula is C10H12ClNO5S. The Bertz CT molecular complexity index is 543. The van der Waals surface area contributed by atoms with Crippen molar-refractivity contribution in [2.24, 2.45) is 0 Å². The predicted octanol–water partition coefficient (Wildman–Crippen LogP) is 0.966. The van der Waals surface area contributed by atoms with Crippen molar-refractivity contribution in [3.05, 3.63) is 28.8 Å². The molecule has 0 fully saturated rings. The summed E-state index contributed by atoms with van der Waals surface area (Å²) in [7, 11) is -3.28. The van der Waals surface area contributed by atoms with Gasteiger partial charge in [-0.2, -0.15) is 0 Å². The molecule has 0 unspecified atom stereocenters. The van der Waals surface area contributed by atoms with Crippen LogP contribution in [0.25, 0.3) is 0 Å². The molecule has 2 N–H and O–H groups in total. The fourth-order valence-corrected chi connectivity index (χ4v) is 1.81. The van der Waals surface area contributed by atoms with Crippen LogP contribution in [0.3, 0.4) is 0 Å². The van der Waals surface area contributed by atoms with E-state index in [1.165, 1.54) is 18.2 Å². The molecule has 0 heterocycles. The molecule has 100 valence electrons. The van der Waals surface area contributed by atoms with E-state index in [1.54, 1.807) is 0 Å². The number of hydrogen-bond acceptors (Lipinski definition) is 4. The minimum absolute atomic E-state index is 0.0228. The van der Waals surface area contributed by atoms with Gasteiger partial charge < -0.3 is 9.84 Å². The van der Waals surface area contributed by atoms with Crippen LogP contribution in [0.1, 0.15) is 10.4 Å². The third-order valence-electron chi connectivity index (χ3n) is 1.90. The number of carboxylic acids is 1. The quantitative estimate of drug-likeness (QED) is 0.762. The standard InChI is InChI=1S/C10H12ClNO5S/c1-18(15,16)12-4-5-17-9-3-2-7(11)6-8(9)10(13)14/h2-3,6,12H,4-5H2,1H3,(H,13,14). The van der Waals surface area contributed by atoms with E-state index in [1.807, 2.05) is 0 Å². The van der Waals surface area contributed by atoms with E-state index in [0.29, 0.717) is 0 Å². The van der Waals surface area contributed by atoms with Crippen molar-refractivity contribution in [1.29, 1.82) is 0 Å². The van der Waals surface area contributed by atoms with Gasteiger partial charge >= 0.3 is 5.97 Å². The van der Waals surface area contributed by atoms with Crippen molar-refractivity contribution in [2.45, 2.75) is 0 Å². The summed E-state index contributed by atoms with van der Waals surface area (Å²) in [6.07, 6.45) is 1.03. The van der Waals surface area contributed by atoms with Crippen LogP contribution in [0.15, 0.2) is 18.2 Å². The van der Waals surface area contributed by atoms with Gasteiger partial charge in [-0.05, 0) is 18.2 Å². The van der Waals surface area contributed by atoms with Crippen LogP contribution in [0.4, 0.5) is 0 Å². The molecule has 0 saturated carbocycles. The van der Waals surface area contributed by atoms with Gasteiger partial charge in [0.25, 0.3) is 0 Å². The predicted molar refractivity (Wildman–Crippen MR) is 66.8 cm³/mol. The van der Waals surface area contributed by atoms with Crippen molar-refractivity contribution in [3.63, 3.8) is 0 Å². The van der Waals surface area contributed by atoms with Gasteiger partial charge in [-0.15, -0.1) is 0 Å². The van der Waals surface area contributed by atoms with Gasteiger partial charge in [-0.3, -0.25) is 0 Å². The molecule has 0 atom stereocenters. The summed E-state index contributed by atoms with van der Waals surface area (Å²) >= 11 is 5.67.